The summed E-state index contributed by atoms with van der Waals surface area (Å²) in [5, 5.41) is 4.03. The van der Waals surface area contributed by atoms with Crippen molar-refractivity contribution in [1.29, 1.82) is 0 Å². The van der Waals surface area contributed by atoms with Gasteiger partial charge in [0.25, 0.3) is 0 Å². The Kier molecular flexibility index (Phi) is 4.61. The highest BCUT2D eigenvalue weighted by Gasteiger charge is 2.30. The lowest BCUT2D eigenvalue weighted by atomic mass is 10.3. The molecule has 0 atom stereocenters. The van der Waals surface area contributed by atoms with E-state index in [1.54, 1.807) is 24.0 Å². The number of rotatable bonds is 5. The molecule has 1 aromatic rings. The Labute approximate surface area is 96.8 Å². The number of aryl methyl sites for hydroxylation is 1. The van der Waals surface area contributed by atoms with Gasteiger partial charge >= 0.3 is 6.18 Å². The van der Waals surface area contributed by atoms with Crippen molar-refractivity contribution in [2.24, 2.45) is 7.05 Å². The van der Waals surface area contributed by atoms with E-state index in [4.69, 9.17) is 11.6 Å². The third-order valence-electron chi connectivity index (χ3n) is 1.96. The second kappa shape index (κ2) is 5.54. The van der Waals surface area contributed by atoms with Crippen LogP contribution in [-0.2, 0) is 13.6 Å². The Hall–Kier alpha value is -0.750. The van der Waals surface area contributed by atoms with Crippen molar-refractivity contribution in [3.63, 3.8) is 0 Å². The second-order valence-electron chi connectivity index (χ2n) is 3.50. The van der Waals surface area contributed by atoms with Gasteiger partial charge in [-0.25, -0.2) is 0 Å². The molecule has 0 aliphatic heterocycles. The maximum Gasteiger partial charge on any atom is 0.401 e. The van der Waals surface area contributed by atoms with Crippen LogP contribution in [0.3, 0.4) is 0 Å². The standard InChI is InChI=1S/C9H13ClF3N3/c1-15-4-2-8(14-15)6-16(5-3-10)7-9(11,12)13/h2,4H,3,5-7H2,1H3. The molecule has 16 heavy (non-hydrogen) atoms. The molecule has 0 aliphatic rings. The Bertz CT molecular complexity index is 324. The molecule has 0 unspecified atom stereocenters. The smallest absolute Gasteiger partial charge is 0.288 e. The van der Waals surface area contributed by atoms with Crippen LogP contribution in [0.5, 0.6) is 0 Å². The van der Waals surface area contributed by atoms with Crippen molar-refractivity contribution < 1.29 is 13.2 Å². The summed E-state index contributed by atoms with van der Waals surface area (Å²) < 4.78 is 38.2. The molecule has 0 aromatic carbocycles. The molecule has 0 aliphatic carbocycles. The zero-order valence-corrected chi connectivity index (χ0v) is 9.59. The number of hydrogen-bond donors (Lipinski definition) is 0. The zero-order chi connectivity index (χ0) is 12.2. The maximum atomic E-state index is 12.2. The van der Waals surface area contributed by atoms with E-state index >= 15 is 0 Å². The number of hydrogen-bond acceptors (Lipinski definition) is 2. The van der Waals surface area contributed by atoms with Crippen LogP contribution < -0.4 is 0 Å². The Balaban J connectivity index is 2.57. The molecular formula is C9H13ClF3N3. The second-order valence-corrected chi connectivity index (χ2v) is 3.87. The highest BCUT2D eigenvalue weighted by Crippen LogP contribution is 2.17. The topological polar surface area (TPSA) is 21.1 Å². The van der Waals surface area contributed by atoms with Crippen LogP contribution >= 0.6 is 11.6 Å². The van der Waals surface area contributed by atoms with Gasteiger partial charge < -0.3 is 0 Å². The van der Waals surface area contributed by atoms with E-state index in [0.29, 0.717) is 5.69 Å². The van der Waals surface area contributed by atoms with E-state index in [0.717, 1.165) is 0 Å². The molecule has 7 heteroatoms. The van der Waals surface area contributed by atoms with Crippen molar-refractivity contribution in [3.8, 4) is 0 Å². The van der Waals surface area contributed by atoms with Crippen molar-refractivity contribution in [2.75, 3.05) is 19.0 Å². The van der Waals surface area contributed by atoms with Gasteiger partial charge in [-0.3, -0.25) is 9.58 Å². The van der Waals surface area contributed by atoms with Gasteiger partial charge in [0.1, 0.15) is 0 Å². The molecular weight excluding hydrogens is 243 g/mol. The quantitative estimate of drug-likeness (QED) is 0.751. The van der Waals surface area contributed by atoms with Crippen LogP contribution in [0.25, 0.3) is 0 Å². The lowest BCUT2D eigenvalue weighted by Crippen LogP contribution is -2.35. The summed E-state index contributed by atoms with van der Waals surface area (Å²) >= 11 is 5.46. The van der Waals surface area contributed by atoms with Crippen LogP contribution in [0.1, 0.15) is 5.69 Å². The summed E-state index contributed by atoms with van der Waals surface area (Å²) in [6, 6.07) is 1.69. The SMILES string of the molecule is Cn1ccc(CN(CCCl)CC(F)(F)F)n1. The predicted molar refractivity (Wildman–Crippen MR) is 55.3 cm³/mol. The fraction of sp³-hybridized carbons (Fsp3) is 0.667. The molecule has 0 fully saturated rings. The Morgan fingerprint density at radius 2 is 2.19 bits per heavy atom. The zero-order valence-electron chi connectivity index (χ0n) is 8.84. The van der Waals surface area contributed by atoms with Crippen LogP contribution in [-0.4, -0.2) is 39.8 Å². The van der Waals surface area contributed by atoms with Gasteiger partial charge in [0.15, 0.2) is 0 Å². The molecule has 0 N–H and O–H groups in total. The van der Waals surface area contributed by atoms with Crippen molar-refractivity contribution in [3.05, 3.63) is 18.0 Å². The van der Waals surface area contributed by atoms with E-state index in [1.807, 2.05) is 0 Å². The largest absolute Gasteiger partial charge is 0.401 e. The van der Waals surface area contributed by atoms with Gasteiger partial charge in [-0.1, -0.05) is 0 Å². The monoisotopic (exact) mass is 255 g/mol. The third kappa shape index (κ3) is 4.85. The Morgan fingerprint density at radius 3 is 2.62 bits per heavy atom. The molecule has 0 amide bonds. The molecule has 1 rings (SSSR count). The van der Waals surface area contributed by atoms with E-state index in [1.165, 1.54) is 4.90 Å². The van der Waals surface area contributed by atoms with E-state index in [9.17, 15) is 13.2 Å². The van der Waals surface area contributed by atoms with Crippen molar-refractivity contribution in [1.82, 2.24) is 14.7 Å². The van der Waals surface area contributed by atoms with Crippen molar-refractivity contribution >= 4 is 11.6 Å². The summed E-state index contributed by atoms with van der Waals surface area (Å²) in [5.74, 6) is 0.170. The Morgan fingerprint density at radius 1 is 1.50 bits per heavy atom. The number of aromatic nitrogens is 2. The first kappa shape index (κ1) is 13.3. The summed E-state index contributed by atoms with van der Waals surface area (Å²) in [5.41, 5.74) is 0.608. The molecule has 0 radical (unpaired) electrons. The van der Waals surface area contributed by atoms with Crippen LogP contribution in [0.15, 0.2) is 12.3 Å². The predicted octanol–water partition coefficient (Wildman–Crippen LogP) is 2.02. The molecule has 1 aromatic heterocycles. The molecule has 0 bridgehead atoms. The average Bonchev–Trinajstić information content (AvgIpc) is 2.48. The first-order valence-electron chi connectivity index (χ1n) is 4.74. The summed E-state index contributed by atoms with van der Waals surface area (Å²) in [4.78, 5) is 1.23. The van der Waals surface area contributed by atoms with Crippen molar-refractivity contribution in [2.45, 2.75) is 12.7 Å². The molecule has 0 saturated heterocycles. The fourth-order valence-corrected chi connectivity index (χ4v) is 1.60. The van der Waals surface area contributed by atoms with Crippen LogP contribution in [0, 0.1) is 0 Å². The average molecular weight is 256 g/mol. The van der Waals surface area contributed by atoms with Gasteiger partial charge in [0.05, 0.1) is 12.2 Å². The van der Waals surface area contributed by atoms with E-state index in [-0.39, 0.29) is 19.0 Å². The summed E-state index contributed by atoms with van der Waals surface area (Å²) in [6.07, 6.45) is -2.51. The highest BCUT2D eigenvalue weighted by molar-refractivity contribution is 6.18. The maximum absolute atomic E-state index is 12.2. The van der Waals surface area contributed by atoms with E-state index in [2.05, 4.69) is 5.10 Å². The van der Waals surface area contributed by atoms with Gasteiger partial charge in [-0.2, -0.15) is 18.3 Å². The number of nitrogens with zero attached hydrogens (tertiary/aromatic N) is 3. The number of halogens is 4. The third-order valence-corrected chi connectivity index (χ3v) is 2.13. The minimum Gasteiger partial charge on any atom is -0.288 e. The van der Waals surface area contributed by atoms with Gasteiger partial charge in [0.2, 0.25) is 0 Å². The minimum atomic E-state index is -4.21. The van der Waals surface area contributed by atoms with E-state index < -0.39 is 12.7 Å². The lowest BCUT2D eigenvalue weighted by Gasteiger charge is -2.21. The summed E-state index contributed by atoms with van der Waals surface area (Å²) in [7, 11) is 1.72. The first-order valence-corrected chi connectivity index (χ1v) is 5.28. The molecule has 0 spiro atoms. The van der Waals surface area contributed by atoms with Crippen LogP contribution in [0.2, 0.25) is 0 Å². The van der Waals surface area contributed by atoms with Gasteiger partial charge in [0, 0.05) is 32.2 Å². The number of alkyl halides is 4. The minimum absolute atomic E-state index is 0.160. The first-order chi connectivity index (χ1) is 7.40. The van der Waals surface area contributed by atoms with Crippen LogP contribution in [0.4, 0.5) is 13.2 Å². The highest BCUT2D eigenvalue weighted by atomic mass is 35.5. The normalized spacial score (nSPS) is 12.4. The summed E-state index contributed by atoms with van der Waals surface area (Å²) in [6.45, 7) is -0.610. The molecule has 1 heterocycles. The van der Waals surface area contributed by atoms with Gasteiger partial charge in [-0.15, -0.1) is 11.6 Å². The lowest BCUT2D eigenvalue weighted by molar-refractivity contribution is -0.146. The molecule has 0 saturated carbocycles. The van der Waals surface area contributed by atoms with Gasteiger partial charge in [-0.05, 0) is 6.07 Å². The molecule has 3 nitrogen and oxygen atoms in total. The fourth-order valence-electron chi connectivity index (χ4n) is 1.36. The molecule has 92 valence electrons.